The van der Waals surface area contributed by atoms with E-state index in [0.717, 1.165) is 37.4 Å². The van der Waals surface area contributed by atoms with Gasteiger partial charge in [0.1, 0.15) is 0 Å². The molecule has 0 heterocycles. The summed E-state index contributed by atoms with van der Waals surface area (Å²) in [5.41, 5.74) is 10.3. The Morgan fingerprint density at radius 3 is 2.57 bits per heavy atom. The molecule has 3 nitrogen and oxygen atoms in total. The molecular formula is C18H25N3. The van der Waals surface area contributed by atoms with Gasteiger partial charge in [-0.1, -0.05) is 30.3 Å². The summed E-state index contributed by atoms with van der Waals surface area (Å²) >= 11 is 0. The summed E-state index contributed by atoms with van der Waals surface area (Å²) in [5.74, 6) is 0. The van der Waals surface area contributed by atoms with E-state index >= 15 is 0 Å². The lowest BCUT2D eigenvalue weighted by molar-refractivity contribution is 0.325. The number of hydrogen-bond donors (Lipinski definition) is 2. The molecule has 0 spiro atoms. The van der Waals surface area contributed by atoms with Crippen molar-refractivity contribution in [3.63, 3.8) is 0 Å². The van der Waals surface area contributed by atoms with E-state index in [4.69, 9.17) is 5.73 Å². The summed E-state index contributed by atoms with van der Waals surface area (Å²) in [6.07, 6.45) is 1.11. The lowest BCUT2D eigenvalue weighted by Crippen LogP contribution is -2.21. The molecule has 3 N–H and O–H groups in total. The molecule has 0 saturated heterocycles. The van der Waals surface area contributed by atoms with E-state index in [1.54, 1.807) is 0 Å². The van der Waals surface area contributed by atoms with E-state index in [9.17, 15) is 0 Å². The highest BCUT2D eigenvalue weighted by Crippen LogP contribution is 2.15. The van der Waals surface area contributed by atoms with Crippen molar-refractivity contribution < 1.29 is 0 Å². The van der Waals surface area contributed by atoms with Crippen LogP contribution in [0.1, 0.15) is 17.5 Å². The topological polar surface area (TPSA) is 41.3 Å². The number of nitrogens with zero attached hydrogens (tertiary/aromatic N) is 1. The number of nitrogens with two attached hydrogens (primary N) is 1. The summed E-state index contributed by atoms with van der Waals surface area (Å²) in [7, 11) is 2.16. The van der Waals surface area contributed by atoms with Gasteiger partial charge in [-0.15, -0.1) is 0 Å². The molecule has 0 amide bonds. The first-order chi connectivity index (χ1) is 10.1. The minimum Gasteiger partial charge on any atom is -0.399 e. The van der Waals surface area contributed by atoms with Crippen molar-refractivity contribution in [2.75, 3.05) is 31.2 Å². The van der Waals surface area contributed by atoms with Crippen LogP contribution in [0.2, 0.25) is 0 Å². The van der Waals surface area contributed by atoms with Gasteiger partial charge in [0.15, 0.2) is 0 Å². The predicted molar refractivity (Wildman–Crippen MR) is 91.5 cm³/mol. The quantitative estimate of drug-likeness (QED) is 0.603. The van der Waals surface area contributed by atoms with Crippen molar-refractivity contribution in [3.05, 3.63) is 59.7 Å². The third-order valence-corrected chi connectivity index (χ3v) is 3.44. The van der Waals surface area contributed by atoms with Crippen molar-refractivity contribution in [1.82, 2.24) is 4.90 Å². The van der Waals surface area contributed by atoms with Gasteiger partial charge in [-0.05, 0) is 56.3 Å². The second-order valence-electron chi connectivity index (χ2n) is 5.64. The molecule has 112 valence electrons. The fourth-order valence-corrected chi connectivity index (χ4v) is 2.47. The maximum Gasteiger partial charge on any atom is 0.0363 e. The summed E-state index contributed by atoms with van der Waals surface area (Å²) in [4.78, 5) is 2.35. The van der Waals surface area contributed by atoms with Crippen molar-refractivity contribution >= 4 is 11.4 Å². The van der Waals surface area contributed by atoms with Gasteiger partial charge in [-0.25, -0.2) is 0 Å². The fraction of sp³-hybridized carbons (Fsp3) is 0.333. The van der Waals surface area contributed by atoms with Crippen LogP contribution in [0.25, 0.3) is 0 Å². The van der Waals surface area contributed by atoms with E-state index in [1.165, 1.54) is 11.1 Å². The van der Waals surface area contributed by atoms with E-state index < -0.39 is 0 Å². The van der Waals surface area contributed by atoms with Crippen molar-refractivity contribution in [3.8, 4) is 0 Å². The minimum atomic E-state index is 0.818. The Kier molecular flexibility index (Phi) is 5.64. The van der Waals surface area contributed by atoms with Gasteiger partial charge in [0.2, 0.25) is 0 Å². The highest BCUT2D eigenvalue weighted by molar-refractivity contribution is 5.56. The first kappa shape index (κ1) is 15.4. The van der Waals surface area contributed by atoms with Crippen LogP contribution in [0.3, 0.4) is 0 Å². The van der Waals surface area contributed by atoms with E-state index in [1.807, 2.05) is 12.1 Å². The number of benzene rings is 2. The smallest absolute Gasteiger partial charge is 0.0363 e. The third-order valence-electron chi connectivity index (χ3n) is 3.44. The van der Waals surface area contributed by atoms with Gasteiger partial charge < -0.3 is 16.0 Å². The molecule has 0 atom stereocenters. The molecule has 0 bridgehead atoms. The van der Waals surface area contributed by atoms with Gasteiger partial charge in [-0.3, -0.25) is 0 Å². The maximum atomic E-state index is 5.85. The highest BCUT2D eigenvalue weighted by Gasteiger charge is 2.00. The Bertz CT molecular complexity index is 531. The van der Waals surface area contributed by atoms with E-state index in [2.05, 4.69) is 60.6 Å². The van der Waals surface area contributed by atoms with Crippen LogP contribution in [0.15, 0.2) is 48.5 Å². The summed E-state index contributed by atoms with van der Waals surface area (Å²) in [6, 6.07) is 16.7. The predicted octanol–water partition coefficient (Wildman–Crippen LogP) is 3.51. The van der Waals surface area contributed by atoms with Gasteiger partial charge in [0.05, 0.1) is 0 Å². The van der Waals surface area contributed by atoms with Gasteiger partial charge in [0, 0.05) is 24.5 Å². The number of rotatable bonds is 7. The number of nitrogens with one attached hydrogen (secondary N) is 1. The lowest BCUT2D eigenvalue weighted by atomic mass is 10.2. The summed E-state index contributed by atoms with van der Waals surface area (Å²) in [6.45, 7) is 5.10. The van der Waals surface area contributed by atoms with Crippen molar-refractivity contribution in [1.29, 1.82) is 0 Å². The Hall–Kier alpha value is -2.00. The third kappa shape index (κ3) is 5.48. The Labute approximate surface area is 127 Å². The molecule has 0 saturated carbocycles. The number of aryl methyl sites for hydroxylation is 1. The summed E-state index contributed by atoms with van der Waals surface area (Å²) in [5, 5.41) is 3.44. The molecule has 2 aromatic carbocycles. The molecule has 2 aromatic rings. The molecule has 0 unspecified atom stereocenters. The second kappa shape index (κ2) is 7.70. The fourth-order valence-electron chi connectivity index (χ4n) is 2.47. The van der Waals surface area contributed by atoms with Crippen LogP contribution in [0.4, 0.5) is 11.4 Å². The first-order valence-corrected chi connectivity index (χ1v) is 7.47. The van der Waals surface area contributed by atoms with Crippen LogP contribution in [-0.2, 0) is 6.54 Å². The molecule has 0 aliphatic carbocycles. The van der Waals surface area contributed by atoms with Gasteiger partial charge in [0.25, 0.3) is 0 Å². The second-order valence-corrected chi connectivity index (χ2v) is 5.64. The van der Waals surface area contributed by atoms with Crippen LogP contribution in [0.5, 0.6) is 0 Å². The summed E-state index contributed by atoms with van der Waals surface area (Å²) < 4.78 is 0. The molecule has 0 aliphatic heterocycles. The Morgan fingerprint density at radius 1 is 1.10 bits per heavy atom. The van der Waals surface area contributed by atoms with Crippen LogP contribution >= 0.6 is 0 Å². The lowest BCUT2D eigenvalue weighted by Gasteiger charge is -2.17. The van der Waals surface area contributed by atoms with E-state index in [-0.39, 0.29) is 0 Å². The van der Waals surface area contributed by atoms with Gasteiger partial charge in [-0.2, -0.15) is 0 Å². The monoisotopic (exact) mass is 283 g/mol. The minimum absolute atomic E-state index is 0.818. The molecule has 21 heavy (non-hydrogen) atoms. The molecule has 0 aromatic heterocycles. The largest absolute Gasteiger partial charge is 0.399 e. The molecule has 3 heteroatoms. The molecule has 0 aliphatic rings. The van der Waals surface area contributed by atoms with E-state index in [0.29, 0.717) is 0 Å². The first-order valence-electron chi connectivity index (χ1n) is 7.47. The van der Waals surface area contributed by atoms with Crippen LogP contribution in [0, 0.1) is 6.92 Å². The Balaban J connectivity index is 1.69. The van der Waals surface area contributed by atoms with Crippen molar-refractivity contribution in [2.24, 2.45) is 0 Å². The van der Waals surface area contributed by atoms with Crippen molar-refractivity contribution in [2.45, 2.75) is 19.9 Å². The maximum absolute atomic E-state index is 5.85. The van der Waals surface area contributed by atoms with Gasteiger partial charge >= 0.3 is 0 Å². The number of hydrogen-bond acceptors (Lipinski definition) is 3. The molecule has 0 fully saturated rings. The van der Waals surface area contributed by atoms with Crippen LogP contribution < -0.4 is 11.1 Å². The average Bonchev–Trinajstić information content (AvgIpc) is 2.44. The zero-order valence-corrected chi connectivity index (χ0v) is 13.0. The number of anilines is 2. The zero-order chi connectivity index (χ0) is 15.1. The standard InChI is InChI=1S/C18H25N3/c1-15-11-17(19)13-18(12-15)20-9-6-10-21(2)14-16-7-4-3-5-8-16/h3-5,7-8,11-13,20H,6,9-10,14,19H2,1-2H3. The number of nitrogen functional groups attached to an aromatic ring is 1. The van der Waals surface area contributed by atoms with Crippen LogP contribution in [-0.4, -0.2) is 25.0 Å². The normalized spacial score (nSPS) is 10.8. The SMILES string of the molecule is Cc1cc(N)cc(NCCCN(C)Cc2ccccc2)c1. The molecule has 2 rings (SSSR count). The molecular weight excluding hydrogens is 258 g/mol. The highest BCUT2D eigenvalue weighted by atomic mass is 15.1. The zero-order valence-electron chi connectivity index (χ0n) is 13.0. The Morgan fingerprint density at radius 2 is 1.86 bits per heavy atom. The molecule has 0 radical (unpaired) electrons. The average molecular weight is 283 g/mol.